The summed E-state index contributed by atoms with van der Waals surface area (Å²) >= 11 is 3.44. The lowest BCUT2D eigenvalue weighted by molar-refractivity contribution is -0.384. The van der Waals surface area contributed by atoms with Gasteiger partial charge in [-0.2, -0.15) is 0 Å². The number of non-ortho nitro benzene ring substituents is 1. The van der Waals surface area contributed by atoms with Crippen LogP contribution in [0.3, 0.4) is 0 Å². The summed E-state index contributed by atoms with van der Waals surface area (Å²) in [5, 5.41) is 10.5. The molecule has 1 unspecified atom stereocenters. The van der Waals surface area contributed by atoms with Crippen LogP contribution < -0.4 is 0 Å². The molecule has 0 spiro atoms. The van der Waals surface area contributed by atoms with E-state index in [2.05, 4.69) is 15.9 Å². The van der Waals surface area contributed by atoms with Crippen LogP contribution in [0.4, 0.5) is 5.69 Å². The van der Waals surface area contributed by atoms with Crippen molar-refractivity contribution in [2.24, 2.45) is 0 Å². The molecule has 1 aromatic rings. The van der Waals surface area contributed by atoms with Gasteiger partial charge in [0.05, 0.1) is 4.92 Å². The third kappa shape index (κ3) is 2.80. The van der Waals surface area contributed by atoms with E-state index >= 15 is 0 Å². The minimum Gasteiger partial charge on any atom is -0.258 e. The molecule has 0 saturated heterocycles. The van der Waals surface area contributed by atoms with E-state index in [9.17, 15) is 10.1 Å². The predicted octanol–water partition coefficient (Wildman–Crippen LogP) is 3.23. The molecule has 76 valence electrons. The number of rotatable bonds is 3. The maximum absolute atomic E-state index is 10.5. The van der Waals surface area contributed by atoms with Crippen molar-refractivity contribution >= 4 is 21.6 Å². The van der Waals surface area contributed by atoms with E-state index in [1.54, 1.807) is 12.1 Å². The normalized spacial score (nSPS) is 12.5. The van der Waals surface area contributed by atoms with E-state index in [4.69, 9.17) is 0 Å². The lowest BCUT2D eigenvalue weighted by atomic mass is 10.0. The van der Waals surface area contributed by atoms with Gasteiger partial charge in [0.25, 0.3) is 5.69 Å². The third-order valence-electron chi connectivity index (χ3n) is 2.04. The second kappa shape index (κ2) is 4.55. The number of nitro benzene ring substituents is 1. The van der Waals surface area contributed by atoms with Gasteiger partial charge in [-0.25, -0.2) is 0 Å². The van der Waals surface area contributed by atoms with E-state index in [-0.39, 0.29) is 10.6 Å². The van der Waals surface area contributed by atoms with Crippen LogP contribution in [0.2, 0.25) is 0 Å². The lowest BCUT2D eigenvalue weighted by Crippen LogP contribution is -2.00. The van der Waals surface area contributed by atoms with Crippen molar-refractivity contribution in [3.05, 3.63) is 39.4 Å². The van der Waals surface area contributed by atoms with E-state index in [0.717, 1.165) is 17.5 Å². The van der Waals surface area contributed by atoms with Gasteiger partial charge in [-0.1, -0.05) is 28.9 Å². The van der Waals surface area contributed by atoms with Gasteiger partial charge in [-0.15, -0.1) is 0 Å². The fourth-order valence-electron chi connectivity index (χ4n) is 1.29. The molecule has 0 aromatic heterocycles. The molecule has 3 nitrogen and oxygen atoms in total. The highest BCUT2D eigenvalue weighted by atomic mass is 79.9. The van der Waals surface area contributed by atoms with Gasteiger partial charge < -0.3 is 0 Å². The minimum atomic E-state index is -0.359. The first kappa shape index (κ1) is 11.2. The van der Waals surface area contributed by atoms with Gasteiger partial charge in [0, 0.05) is 17.0 Å². The lowest BCUT2D eigenvalue weighted by Gasteiger charge is -2.06. The molecule has 0 heterocycles. The number of nitro groups is 1. The van der Waals surface area contributed by atoms with Crippen LogP contribution in [0.1, 0.15) is 18.1 Å². The average molecular weight is 258 g/mol. The summed E-state index contributed by atoms with van der Waals surface area (Å²) in [7, 11) is 0. The zero-order valence-electron chi connectivity index (χ0n) is 8.16. The van der Waals surface area contributed by atoms with Crippen molar-refractivity contribution in [2.45, 2.75) is 25.1 Å². The number of alkyl halides is 1. The zero-order valence-corrected chi connectivity index (χ0v) is 9.74. The molecule has 4 heteroatoms. The Balaban J connectivity index is 3.02. The van der Waals surface area contributed by atoms with Crippen molar-refractivity contribution in [3.8, 4) is 0 Å². The summed E-state index contributed by atoms with van der Waals surface area (Å²) in [5.41, 5.74) is 2.30. The standard InChI is InChI=1S/C10H12BrNO2/c1-7-3-4-10(12(13)14)6-9(7)5-8(2)11/h3-4,6,8H,5H2,1-2H3. The van der Waals surface area contributed by atoms with Gasteiger partial charge >= 0.3 is 0 Å². The number of hydrogen-bond acceptors (Lipinski definition) is 2. The number of aryl methyl sites for hydroxylation is 1. The average Bonchev–Trinajstić information content (AvgIpc) is 2.07. The molecule has 0 aliphatic carbocycles. The zero-order chi connectivity index (χ0) is 10.7. The Labute approximate surface area is 91.4 Å². The van der Waals surface area contributed by atoms with E-state index in [1.165, 1.54) is 6.07 Å². The highest BCUT2D eigenvalue weighted by Gasteiger charge is 2.09. The summed E-state index contributed by atoms with van der Waals surface area (Å²) in [6.45, 7) is 3.99. The monoisotopic (exact) mass is 257 g/mol. The molecule has 0 aliphatic heterocycles. The maximum Gasteiger partial charge on any atom is 0.269 e. The van der Waals surface area contributed by atoms with E-state index in [1.807, 2.05) is 13.8 Å². The largest absolute Gasteiger partial charge is 0.269 e. The van der Waals surface area contributed by atoms with Gasteiger partial charge in [-0.3, -0.25) is 10.1 Å². The molecule has 0 bridgehead atoms. The summed E-state index contributed by atoms with van der Waals surface area (Å²) in [5.74, 6) is 0. The maximum atomic E-state index is 10.5. The molecule has 0 amide bonds. The Morgan fingerprint density at radius 2 is 2.21 bits per heavy atom. The Morgan fingerprint density at radius 1 is 1.57 bits per heavy atom. The van der Waals surface area contributed by atoms with Gasteiger partial charge in [0.2, 0.25) is 0 Å². The predicted molar refractivity (Wildman–Crippen MR) is 59.9 cm³/mol. The summed E-state index contributed by atoms with van der Waals surface area (Å²) in [6.07, 6.45) is 0.813. The summed E-state index contributed by atoms with van der Waals surface area (Å²) < 4.78 is 0. The second-order valence-electron chi connectivity index (χ2n) is 3.35. The van der Waals surface area contributed by atoms with Crippen molar-refractivity contribution in [1.29, 1.82) is 0 Å². The van der Waals surface area contributed by atoms with Crippen molar-refractivity contribution < 1.29 is 4.92 Å². The van der Waals surface area contributed by atoms with Crippen molar-refractivity contribution in [3.63, 3.8) is 0 Å². The first-order valence-corrected chi connectivity index (χ1v) is 5.30. The van der Waals surface area contributed by atoms with Crippen molar-refractivity contribution in [1.82, 2.24) is 0 Å². The Kier molecular flexibility index (Phi) is 3.63. The molecule has 14 heavy (non-hydrogen) atoms. The Bertz CT molecular complexity index is 350. The van der Waals surface area contributed by atoms with E-state index in [0.29, 0.717) is 4.83 Å². The SMILES string of the molecule is Cc1ccc([N+](=O)[O-])cc1CC(C)Br. The second-order valence-corrected chi connectivity index (χ2v) is 4.92. The Morgan fingerprint density at radius 3 is 2.71 bits per heavy atom. The molecule has 1 aromatic carbocycles. The molecule has 1 rings (SSSR count). The molecule has 0 saturated carbocycles. The Hall–Kier alpha value is -0.900. The number of halogens is 1. The van der Waals surface area contributed by atoms with Crippen LogP contribution in [0.25, 0.3) is 0 Å². The summed E-state index contributed by atoms with van der Waals surface area (Å²) in [4.78, 5) is 10.5. The molecule has 1 atom stereocenters. The van der Waals surface area contributed by atoms with Crippen LogP contribution in [-0.4, -0.2) is 9.75 Å². The molecular formula is C10H12BrNO2. The third-order valence-corrected chi connectivity index (χ3v) is 2.37. The number of benzene rings is 1. The number of nitrogens with zero attached hydrogens (tertiary/aromatic N) is 1. The molecule has 0 fully saturated rings. The molecule has 0 radical (unpaired) electrons. The topological polar surface area (TPSA) is 43.1 Å². The van der Waals surface area contributed by atoms with Crippen LogP contribution in [0, 0.1) is 17.0 Å². The molecule has 0 aliphatic rings. The van der Waals surface area contributed by atoms with E-state index < -0.39 is 0 Å². The highest BCUT2D eigenvalue weighted by Crippen LogP contribution is 2.20. The number of hydrogen-bond donors (Lipinski definition) is 0. The van der Waals surface area contributed by atoms with Gasteiger partial charge in [0.1, 0.15) is 0 Å². The molecule has 0 N–H and O–H groups in total. The van der Waals surface area contributed by atoms with Gasteiger partial charge in [-0.05, 0) is 24.5 Å². The fourth-order valence-corrected chi connectivity index (χ4v) is 1.64. The summed E-state index contributed by atoms with van der Waals surface area (Å²) in [6, 6.07) is 4.98. The smallest absolute Gasteiger partial charge is 0.258 e. The quantitative estimate of drug-likeness (QED) is 0.474. The highest BCUT2D eigenvalue weighted by molar-refractivity contribution is 9.09. The first-order valence-electron chi connectivity index (χ1n) is 4.38. The first-order chi connectivity index (χ1) is 6.50. The van der Waals surface area contributed by atoms with Crippen LogP contribution >= 0.6 is 15.9 Å². The fraction of sp³-hybridized carbons (Fsp3) is 0.400. The van der Waals surface area contributed by atoms with Gasteiger partial charge in [0.15, 0.2) is 0 Å². The van der Waals surface area contributed by atoms with Crippen LogP contribution in [0.5, 0.6) is 0 Å². The minimum absolute atomic E-state index is 0.166. The van der Waals surface area contributed by atoms with Crippen molar-refractivity contribution in [2.75, 3.05) is 0 Å². The van der Waals surface area contributed by atoms with Crippen LogP contribution in [-0.2, 0) is 6.42 Å². The van der Waals surface area contributed by atoms with Crippen LogP contribution in [0.15, 0.2) is 18.2 Å². The molecular weight excluding hydrogens is 246 g/mol.